The molecule has 1 aromatic rings. The first-order chi connectivity index (χ1) is 8.08. The molecule has 90 valence electrons. The van der Waals surface area contributed by atoms with E-state index < -0.39 is 23.9 Å². The molecule has 1 heterocycles. The Bertz CT molecular complexity index is 429. The molecule has 6 heteroatoms. The highest BCUT2D eigenvalue weighted by molar-refractivity contribution is 6.00. The molecule has 5 nitrogen and oxygen atoms in total. The van der Waals surface area contributed by atoms with Crippen molar-refractivity contribution in [2.75, 3.05) is 0 Å². The van der Waals surface area contributed by atoms with Crippen LogP contribution in [0.25, 0.3) is 0 Å². The van der Waals surface area contributed by atoms with Crippen LogP contribution in [0.5, 0.6) is 0 Å². The smallest absolute Gasteiger partial charge is 0.254 e. The number of amides is 2. The molecule has 2 amide bonds. The van der Waals surface area contributed by atoms with E-state index in [1.807, 2.05) is 0 Å². The second-order valence-corrected chi connectivity index (χ2v) is 3.59. The Labute approximate surface area is 96.4 Å². The van der Waals surface area contributed by atoms with Crippen LogP contribution in [-0.2, 0) is 14.4 Å². The van der Waals surface area contributed by atoms with Crippen LogP contribution >= 0.6 is 0 Å². The summed E-state index contributed by atoms with van der Waals surface area (Å²) in [5, 5.41) is 10.2. The number of aliphatic hydroxyl groups is 1. The van der Waals surface area contributed by atoms with Crippen molar-refractivity contribution in [3.05, 3.63) is 35.6 Å². The minimum atomic E-state index is -1.47. The van der Waals surface area contributed by atoms with Gasteiger partial charge in [-0.3, -0.25) is 9.59 Å². The van der Waals surface area contributed by atoms with E-state index in [2.05, 4.69) is 0 Å². The molecule has 1 aliphatic heterocycles. The van der Waals surface area contributed by atoms with Gasteiger partial charge in [-0.25, -0.2) is 9.23 Å². The number of benzene rings is 1. The quantitative estimate of drug-likeness (QED) is 0.628. The fourth-order valence-corrected chi connectivity index (χ4v) is 1.46. The number of hydrogen-bond donors (Lipinski definition) is 1. The molecule has 0 aromatic heterocycles. The van der Waals surface area contributed by atoms with Crippen molar-refractivity contribution in [1.29, 1.82) is 0 Å². The van der Waals surface area contributed by atoms with Crippen molar-refractivity contribution in [2.24, 2.45) is 0 Å². The molecule has 1 unspecified atom stereocenters. The average molecular weight is 239 g/mol. The van der Waals surface area contributed by atoms with Crippen LogP contribution in [-0.4, -0.2) is 22.0 Å². The van der Waals surface area contributed by atoms with Crippen LogP contribution < -0.4 is 0 Å². The Hall–Kier alpha value is -1.79. The Morgan fingerprint density at radius 3 is 2.24 bits per heavy atom. The van der Waals surface area contributed by atoms with Crippen LogP contribution in [0.1, 0.15) is 24.7 Å². The van der Waals surface area contributed by atoms with E-state index in [1.165, 1.54) is 12.1 Å². The van der Waals surface area contributed by atoms with Crippen LogP contribution in [0.3, 0.4) is 0 Å². The van der Waals surface area contributed by atoms with Crippen molar-refractivity contribution in [2.45, 2.75) is 19.1 Å². The van der Waals surface area contributed by atoms with Crippen molar-refractivity contribution < 1.29 is 23.9 Å². The van der Waals surface area contributed by atoms with Gasteiger partial charge in [0.05, 0.1) is 0 Å². The lowest BCUT2D eigenvalue weighted by molar-refractivity contribution is -0.247. The minimum Gasteiger partial charge on any atom is -0.362 e. The lowest BCUT2D eigenvalue weighted by Crippen LogP contribution is -2.31. The fraction of sp³-hybridized carbons (Fsp3) is 0.273. The van der Waals surface area contributed by atoms with Gasteiger partial charge in [0.15, 0.2) is 0 Å². The van der Waals surface area contributed by atoms with Crippen molar-refractivity contribution in [3.8, 4) is 0 Å². The zero-order valence-corrected chi connectivity index (χ0v) is 8.80. The zero-order chi connectivity index (χ0) is 12.4. The molecular formula is C11H10FNO4. The average Bonchev–Trinajstić information content (AvgIpc) is 2.61. The molecule has 0 bridgehead atoms. The first kappa shape index (κ1) is 11.7. The number of rotatable bonds is 3. The monoisotopic (exact) mass is 239 g/mol. The van der Waals surface area contributed by atoms with E-state index in [9.17, 15) is 19.1 Å². The molecule has 0 saturated carbocycles. The largest absolute Gasteiger partial charge is 0.362 e. The molecule has 1 saturated heterocycles. The van der Waals surface area contributed by atoms with Gasteiger partial charge in [-0.05, 0) is 12.1 Å². The highest BCUT2D eigenvalue weighted by Gasteiger charge is 2.32. The number of hydroxylamine groups is 2. The number of aliphatic hydroxyl groups excluding tert-OH is 1. The summed E-state index contributed by atoms with van der Waals surface area (Å²) in [6.07, 6.45) is -1.31. The summed E-state index contributed by atoms with van der Waals surface area (Å²) in [5.74, 6) is -1.43. The third kappa shape index (κ3) is 2.48. The molecule has 0 spiro atoms. The molecule has 2 rings (SSSR count). The normalized spacial score (nSPS) is 17.6. The predicted octanol–water partition coefficient (Wildman–Crippen LogP) is 0.897. The van der Waals surface area contributed by atoms with E-state index >= 15 is 0 Å². The Balaban J connectivity index is 2.06. The van der Waals surface area contributed by atoms with Crippen LogP contribution in [0.4, 0.5) is 4.39 Å². The minimum absolute atomic E-state index is 0.0783. The molecule has 0 aliphatic carbocycles. The summed E-state index contributed by atoms with van der Waals surface area (Å²) in [6, 6.07) is 4.92. The second-order valence-electron chi connectivity index (χ2n) is 3.59. The fourth-order valence-electron chi connectivity index (χ4n) is 1.46. The third-order valence-electron chi connectivity index (χ3n) is 2.37. The molecule has 1 N–H and O–H groups in total. The lowest BCUT2D eigenvalue weighted by atomic mass is 10.2. The maximum Gasteiger partial charge on any atom is 0.254 e. The van der Waals surface area contributed by atoms with Gasteiger partial charge in [0, 0.05) is 18.4 Å². The zero-order valence-electron chi connectivity index (χ0n) is 8.80. The molecule has 1 fully saturated rings. The summed E-state index contributed by atoms with van der Waals surface area (Å²) in [4.78, 5) is 27.3. The van der Waals surface area contributed by atoms with Gasteiger partial charge >= 0.3 is 0 Å². The molecule has 1 aromatic carbocycles. The summed E-state index contributed by atoms with van der Waals surface area (Å²) in [7, 11) is 0. The van der Waals surface area contributed by atoms with Gasteiger partial charge in [0.1, 0.15) is 5.82 Å². The first-order valence-electron chi connectivity index (χ1n) is 5.04. The van der Waals surface area contributed by atoms with Crippen molar-refractivity contribution in [3.63, 3.8) is 0 Å². The topological polar surface area (TPSA) is 66.8 Å². The Morgan fingerprint density at radius 1 is 1.18 bits per heavy atom. The first-order valence-corrected chi connectivity index (χ1v) is 5.04. The molecular weight excluding hydrogens is 229 g/mol. The maximum absolute atomic E-state index is 12.6. The summed E-state index contributed by atoms with van der Waals surface area (Å²) >= 11 is 0. The maximum atomic E-state index is 12.6. The molecule has 0 radical (unpaired) electrons. The van der Waals surface area contributed by atoms with E-state index in [0.717, 1.165) is 12.1 Å². The SMILES string of the molecule is O=C1CCC(=O)N1OC(O)c1ccc(F)cc1. The third-order valence-corrected chi connectivity index (χ3v) is 2.37. The second kappa shape index (κ2) is 4.60. The van der Waals surface area contributed by atoms with Crippen molar-refractivity contribution in [1.82, 2.24) is 5.06 Å². The highest BCUT2D eigenvalue weighted by Crippen LogP contribution is 2.20. The summed E-state index contributed by atoms with van der Waals surface area (Å²) in [5.41, 5.74) is 0.263. The van der Waals surface area contributed by atoms with Gasteiger partial charge in [0.25, 0.3) is 11.8 Å². The summed E-state index contributed by atoms with van der Waals surface area (Å²) < 4.78 is 12.6. The standard InChI is InChI=1S/C11H10FNO4/c12-8-3-1-7(2-4-8)11(16)17-13-9(14)5-6-10(13)15/h1-4,11,16H,5-6H2. The Kier molecular flexibility index (Phi) is 3.16. The number of carbonyl (C=O) groups is 2. The number of hydrogen-bond acceptors (Lipinski definition) is 4. The molecule has 1 atom stereocenters. The highest BCUT2D eigenvalue weighted by atomic mass is 19.1. The van der Waals surface area contributed by atoms with E-state index in [1.54, 1.807) is 0 Å². The van der Waals surface area contributed by atoms with Gasteiger partial charge in [-0.1, -0.05) is 12.1 Å². The number of halogens is 1. The molecule has 1 aliphatic rings. The van der Waals surface area contributed by atoms with Crippen LogP contribution in [0, 0.1) is 5.82 Å². The van der Waals surface area contributed by atoms with Crippen LogP contribution in [0.15, 0.2) is 24.3 Å². The number of imide groups is 1. The van der Waals surface area contributed by atoms with E-state index in [-0.39, 0.29) is 18.4 Å². The van der Waals surface area contributed by atoms with Crippen molar-refractivity contribution >= 4 is 11.8 Å². The van der Waals surface area contributed by atoms with Crippen LogP contribution in [0.2, 0.25) is 0 Å². The number of carbonyl (C=O) groups excluding carboxylic acids is 2. The predicted molar refractivity (Wildman–Crippen MR) is 53.5 cm³/mol. The van der Waals surface area contributed by atoms with Gasteiger partial charge < -0.3 is 5.11 Å². The summed E-state index contributed by atoms with van der Waals surface area (Å²) in [6.45, 7) is 0. The molecule has 17 heavy (non-hydrogen) atoms. The van der Waals surface area contributed by atoms with E-state index in [0.29, 0.717) is 5.06 Å². The van der Waals surface area contributed by atoms with Gasteiger partial charge in [-0.15, -0.1) is 0 Å². The van der Waals surface area contributed by atoms with E-state index in [4.69, 9.17) is 4.84 Å². The number of nitrogens with zero attached hydrogens (tertiary/aromatic N) is 1. The van der Waals surface area contributed by atoms with Gasteiger partial charge in [0.2, 0.25) is 6.29 Å². The van der Waals surface area contributed by atoms with Gasteiger partial charge in [-0.2, -0.15) is 5.06 Å². The lowest BCUT2D eigenvalue weighted by Gasteiger charge is -2.18. The Morgan fingerprint density at radius 2 is 1.71 bits per heavy atom.